The van der Waals surface area contributed by atoms with Gasteiger partial charge in [0.15, 0.2) is 17.5 Å². The van der Waals surface area contributed by atoms with Gasteiger partial charge in [0.05, 0.1) is 0 Å². The molecular weight excluding hydrogens is 661 g/mol. The first-order valence-corrected chi connectivity index (χ1v) is 17.8. The molecule has 0 spiro atoms. The predicted octanol–water partition coefficient (Wildman–Crippen LogP) is 5.93. The number of hydrogen-bond donors (Lipinski definition) is 0. The molecule has 0 saturated heterocycles. The van der Waals surface area contributed by atoms with E-state index in [0.29, 0.717) is 28.4 Å². The van der Waals surface area contributed by atoms with Crippen molar-refractivity contribution in [2.24, 2.45) is 0 Å². The molecule has 4 nitrogen and oxygen atoms in total. The molecule has 0 N–H and O–H groups in total. The van der Waals surface area contributed by atoms with E-state index in [0.717, 1.165) is 33.0 Å². The minimum Gasteiger partial charge on any atom is -0.456 e. The maximum absolute atomic E-state index is 6.54. The smallest absolute Gasteiger partial charge is 0.164 e. The van der Waals surface area contributed by atoms with Crippen molar-refractivity contribution in [2.45, 2.75) is 0 Å². The van der Waals surface area contributed by atoms with E-state index in [2.05, 4.69) is 66.7 Å². The van der Waals surface area contributed by atoms with E-state index in [4.69, 9.17) is 58.6 Å². The van der Waals surface area contributed by atoms with Crippen LogP contribution in [-0.2, 0) is 0 Å². The maximum Gasteiger partial charge on any atom is 0.164 e. The van der Waals surface area contributed by atoms with E-state index in [1.54, 1.807) is 11.3 Å². The summed E-state index contributed by atoms with van der Waals surface area (Å²) in [4.78, 5) is 14.8. The van der Waals surface area contributed by atoms with Crippen molar-refractivity contribution in [1.82, 2.24) is 15.0 Å². The molecule has 0 amide bonds. The summed E-state index contributed by atoms with van der Waals surface area (Å²) in [6.45, 7) is 0. The van der Waals surface area contributed by atoms with E-state index in [-0.39, 0.29) is 33.1 Å². The minimum atomic E-state index is 0.115. The Morgan fingerprint density at radius 1 is 0.415 bits per heavy atom. The van der Waals surface area contributed by atoms with Crippen molar-refractivity contribution >= 4 is 131 Å². The van der Waals surface area contributed by atoms with Gasteiger partial charge in [-0.2, -0.15) is 0 Å². The molecule has 0 aliphatic rings. The summed E-state index contributed by atoms with van der Waals surface area (Å²) >= 11 is 1.81. The minimum absolute atomic E-state index is 0.115. The molecule has 0 fully saturated rings. The van der Waals surface area contributed by atoms with Gasteiger partial charge in [-0.05, 0) is 64.4 Å². The molecular formula is C43H20B5N3OS. The average molecular weight is 681 g/mol. The van der Waals surface area contributed by atoms with Gasteiger partial charge in [-0.3, -0.25) is 0 Å². The number of hydrogen-bond acceptors (Lipinski definition) is 5. The van der Waals surface area contributed by atoms with Gasteiger partial charge < -0.3 is 4.42 Å². The van der Waals surface area contributed by atoms with Gasteiger partial charge in [-0.15, -0.1) is 27.7 Å². The Hall–Kier alpha value is -5.85. The third-order valence-electron chi connectivity index (χ3n) is 10.0. The first-order chi connectivity index (χ1) is 25.8. The number of aromatic nitrogens is 3. The molecule has 0 aliphatic carbocycles. The summed E-state index contributed by atoms with van der Waals surface area (Å²) in [7, 11) is 31.8. The summed E-state index contributed by atoms with van der Waals surface area (Å²) in [5, 5.41) is 6.97. The highest BCUT2D eigenvalue weighted by Crippen LogP contribution is 2.40. The second kappa shape index (κ2) is 12.1. The van der Waals surface area contributed by atoms with Crippen LogP contribution in [0.1, 0.15) is 0 Å². The molecule has 10 aromatic rings. The fourth-order valence-corrected chi connectivity index (χ4v) is 8.37. The van der Waals surface area contributed by atoms with Crippen LogP contribution in [0.3, 0.4) is 0 Å². The van der Waals surface area contributed by atoms with Crippen molar-refractivity contribution in [1.29, 1.82) is 0 Å². The Morgan fingerprint density at radius 2 is 1.02 bits per heavy atom. The molecule has 53 heavy (non-hydrogen) atoms. The van der Waals surface area contributed by atoms with Gasteiger partial charge in [0.2, 0.25) is 0 Å². The molecule has 3 heterocycles. The summed E-state index contributed by atoms with van der Waals surface area (Å²) in [6, 6.07) is 41.5. The topological polar surface area (TPSA) is 51.8 Å². The first kappa shape index (κ1) is 31.9. The predicted molar refractivity (Wildman–Crippen MR) is 226 cm³/mol. The number of nitrogens with zero attached hydrogens (tertiary/aromatic N) is 3. The second-order valence-electron chi connectivity index (χ2n) is 13.1. The number of fused-ring (bicyclic) bond motifs is 8. The Kier molecular flexibility index (Phi) is 7.28. The Labute approximate surface area is 315 Å². The quantitative estimate of drug-likeness (QED) is 0.217. The summed E-state index contributed by atoms with van der Waals surface area (Å²) in [5.41, 5.74) is 5.99. The molecule has 0 saturated carbocycles. The molecule has 234 valence electrons. The number of furan rings is 1. The lowest BCUT2D eigenvalue weighted by Crippen LogP contribution is -2.55. The van der Waals surface area contributed by atoms with Crippen LogP contribution in [0.2, 0.25) is 0 Å². The number of rotatable bonds is 4. The van der Waals surface area contributed by atoms with Gasteiger partial charge in [0.25, 0.3) is 0 Å². The SMILES string of the molecule is [B]c1c([B])c([B])c(-c2nc(-c3cccc(-c4ccc5sc6ccc7ccccc7c6c5c4)c3)nc(-c3ccc4c(c3)oc3ccccc34)n2)c([B])c1[B]. The van der Waals surface area contributed by atoms with Gasteiger partial charge >= 0.3 is 0 Å². The van der Waals surface area contributed by atoms with Crippen molar-refractivity contribution in [3.8, 4) is 45.3 Å². The molecule has 10 heteroatoms. The Morgan fingerprint density at radius 3 is 1.83 bits per heavy atom. The zero-order valence-electron chi connectivity index (χ0n) is 28.1. The fraction of sp³-hybridized carbons (Fsp3) is 0. The van der Waals surface area contributed by atoms with E-state index < -0.39 is 0 Å². The maximum atomic E-state index is 6.54. The van der Waals surface area contributed by atoms with Crippen molar-refractivity contribution in [2.75, 3.05) is 0 Å². The highest BCUT2D eigenvalue weighted by atomic mass is 32.1. The summed E-state index contributed by atoms with van der Waals surface area (Å²) in [6.07, 6.45) is 0. The van der Waals surface area contributed by atoms with Crippen molar-refractivity contribution in [3.05, 3.63) is 121 Å². The van der Waals surface area contributed by atoms with E-state index in [1.165, 1.54) is 30.9 Å². The molecule has 0 bridgehead atoms. The lowest BCUT2D eigenvalue weighted by Gasteiger charge is -2.20. The van der Waals surface area contributed by atoms with Gasteiger partial charge in [-0.1, -0.05) is 89.8 Å². The van der Waals surface area contributed by atoms with Crippen LogP contribution in [0, 0.1) is 0 Å². The largest absolute Gasteiger partial charge is 0.456 e. The van der Waals surface area contributed by atoms with Crippen molar-refractivity contribution < 1.29 is 4.42 Å². The van der Waals surface area contributed by atoms with E-state index >= 15 is 0 Å². The molecule has 0 atom stereocenters. The zero-order chi connectivity index (χ0) is 36.0. The van der Waals surface area contributed by atoms with Crippen LogP contribution < -0.4 is 27.3 Å². The Bertz CT molecular complexity index is 3130. The van der Waals surface area contributed by atoms with Gasteiger partial charge in [-0.25, -0.2) is 15.0 Å². The fourth-order valence-electron chi connectivity index (χ4n) is 7.27. The number of thiophene rings is 1. The molecule has 0 unspecified atom stereocenters. The standard InChI is InChI=1S/C43H20B5N3OS/c44-36-35(37(45)39(47)40(48)38(36)46)43-50-41(49-42(51-43)25-12-15-28-27-10-3-4-11-30(27)52-31(28)20-25)24-8-5-7-22(18-24)23-14-16-32-29(19-23)34-26-9-2-1-6-21(26)13-17-33(34)53-32/h1-20H. The van der Waals surface area contributed by atoms with Crippen molar-refractivity contribution in [3.63, 3.8) is 0 Å². The molecule has 3 aromatic heterocycles. The van der Waals surface area contributed by atoms with Crippen LogP contribution in [0.5, 0.6) is 0 Å². The molecule has 10 radical (unpaired) electrons. The van der Waals surface area contributed by atoms with Crippen LogP contribution in [0.25, 0.3) is 98.2 Å². The summed E-state index contributed by atoms with van der Waals surface area (Å²) < 4.78 is 8.71. The number of para-hydroxylation sites is 1. The average Bonchev–Trinajstić information content (AvgIpc) is 3.77. The third-order valence-corrected chi connectivity index (χ3v) is 11.1. The van der Waals surface area contributed by atoms with Crippen LogP contribution in [0.15, 0.2) is 126 Å². The first-order valence-electron chi connectivity index (χ1n) is 17.0. The van der Waals surface area contributed by atoms with Gasteiger partial charge in [0, 0.05) is 47.6 Å². The molecule has 10 rings (SSSR count). The van der Waals surface area contributed by atoms with Crippen LogP contribution in [0.4, 0.5) is 0 Å². The molecule has 7 aromatic carbocycles. The Balaban J connectivity index is 1.16. The lowest BCUT2D eigenvalue weighted by atomic mass is 9.60. The number of benzene rings is 7. The van der Waals surface area contributed by atoms with Crippen LogP contribution >= 0.6 is 11.3 Å². The van der Waals surface area contributed by atoms with E-state index in [1.807, 2.05) is 54.6 Å². The highest BCUT2D eigenvalue weighted by molar-refractivity contribution is 7.26. The van der Waals surface area contributed by atoms with Crippen LogP contribution in [-0.4, -0.2) is 54.2 Å². The highest BCUT2D eigenvalue weighted by Gasteiger charge is 2.19. The van der Waals surface area contributed by atoms with E-state index in [9.17, 15) is 0 Å². The molecule has 0 aliphatic heterocycles. The summed E-state index contributed by atoms with van der Waals surface area (Å²) in [5.74, 6) is 1.02. The third kappa shape index (κ3) is 5.08. The lowest BCUT2D eigenvalue weighted by molar-refractivity contribution is 0.669. The van der Waals surface area contributed by atoms with Gasteiger partial charge in [0.1, 0.15) is 50.4 Å². The normalized spacial score (nSPS) is 11.8. The second-order valence-corrected chi connectivity index (χ2v) is 14.2. The monoisotopic (exact) mass is 681 g/mol. The zero-order valence-corrected chi connectivity index (χ0v) is 28.9.